The van der Waals surface area contributed by atoms with Crippen molar-refractivity contribution < 1.29 is 39.3 Å². The van der Waals surface area contributed by atoms with Crippen molar-refractivity contribution in [1.29, 1.82) is 0 Å². The number of phenols is 1. The van der Waals surface area contributed by atoms with E-state index >= 15 is 0 Å². The van der Waals surface area contributed by atoms with E-state index in [1.165, 1.54) is 12.1 Å². The summed E-state index contributed by atoms with van der Waals surface area (Å²) in [6.07, 6.45) is -0.790. The number of carboxylic acid groups (broad SMARTS) is 2. The van der Waals surface area contributed by atoms with Crippen molar-refractivity contribution in [2.75, 3.05) is 5.75 Å². The first-order valence-electron chi connectivity index (χ1n) is 11.5. The summed E-state index contributed by atoms with van der Waals surface area (Å²) in [5.41, 5.74) is 7.21. The van der Waals surface area contributed by atoms with Crippen molar-refractivity contribution in [3.63, 3.8) is 0 Å². The van der Waals surface area contributed by atoms with Gasteiger partial charge in [-0.3, -0.25) is 19.2 Å². The van der Waals surface area contributed by atoms with Crippen LogP contribution in [0.25, 0.3) is 0 Å². The van der Waals surface area contributed by atoms with E-state index < -0.39 is 60.2 Å². The Hall–Kier alpha value is -4.10. The Morgan fingerprint density at radius 3 is 1.82 bits per heavy atom. The van der Waals surface area contributed by atoms with Crippen molar-refractivity contribution in [3.05, 3.63) is 65.7 Å². The fourth-order valence-electron chi connectivity index (χ4n) is 3.43. The average Bonchev–Trinajstić information content (AvgIpc) is 2.87. The highest BCUT2D eigenvalue weighted by molar-refractivity contribution is 7.80. The second-order valence-electron chi connectivity index (χ2n) is 8.47. The summed E-state index contributed by atoms with van der Waals surface area (Å²) in [5, 5.41) is 35.0. The molecule has 0 aliphatic heterocycles. The smallest absolute Gasteiger partial charge is 0.326 e. The van der Waals surface area contributed by atoms with Gasteiger partial charge in [0.05, 0.1) is 12.5 Å². The molecule has 0 spiro atoms. The number of rotatable bonds is 14. The maximum atomic E-state index is 12.8. The van der Waals surface area contributed by atoms with Crippen LogP contribution in [-0.2, 0) is 36.8 Å². The average molecular weight is 547 g/mol. The zero-order chi connectivity index (χ0) is 28.2. The number of hydrogen-bond acceptors (Lipinski definition) is 8. The zero-order valence-corrected chi connectivity index (χ0v) is 21.1. The number of nitrogens with two attached hydrogens (primary N) is 1. The summed E-state index contributed by atoms with van der Waals surface area (Å²) in [7, 11) is 0. The monoisotopic (exact) mass is 546 g/mol. The molecule has 0 saturated heterocycles. The third-order valence-corrected chi connectivity index (χ3v) is 5.82. The minimum absolute atomic E-state index is 0.0493. The van der Waals surface area contributed by atoms with E-state index in [9.17, 15) is 39.3 Å². The van der Waals surface area contributed by atoms with Crippen LogP contribution in [0.1, 0.15) is 17.5 Å². The maximum absolute atomic E-state index is 12.8. The van der Waals surface area contributed by atoms with Gasteiger partial charge in [0.2, 0.25) is 17.7 Å². The van der Waals surface area contributed by atoms with Crippen LogP contribution in [0.2, 0.25) is 0 Å². The van der Waals surface area contributed by atoms with Crippen molar-refractivity contribution in [3.8, 4) is 5.75 Å². The van der Waals surface area contributed by atoms with Gasteiger partial charge in [0, 0.05) is 12.2 Å². The fraction of sp³-hybridized carbons (Fsp3) is 0.320. The van der Waals surface area contributed by atoms with E-state index in [-0.39, 0.29) is 24.3 Å². The molecule has 0 fully saturated rings. The van der Waals surface area contributed by atoms with Gasteiger partial charge in [-0.1, -0.05) is 42.5 Å². The summed E-state index contributed by atoms with van der Waals surface area (Å²) < 4.78 is 0. The van der Waals surface area contributed by atoms with E-state index in [1.807, 2.05) is 0 Å². The lowest BCUT2D eigenvalue weighted by molar-refractivity contribution is -0.143. The predicted octanol–water partition coefficient (Wildman–Crippen LogP) is -0.552. The van der Waals surface area contributed by atoms with Crippen molar-refractivity contribution in [2.24, 2.45) is 5.73 Å². The van der Waals surface area contributed by atoms with Crippen LogP contribution >= 0.6 is 12.6 Å². The second-order valence-corrected chi connectivity index (χ2v) is 8.83. The van der Waals surface area contributed by atoms with E-state index in [2.05, 4.69) is 28.6 Å². The molecule has 2 aromatic rings. The Balaban J connectivity index is 2.04. The lowest BCUT2D eigenvalue weighted by Crippen LogP contribution is -2.58. The van der Waals surface area contributed by atoms with Crippen LogP contribution in [-0.4, -0.2) is 74.9 Å². The lowest BCUT2D eigenvalue weighted by atomic mass is 10.0. The van der Waals surface area contributed by atoms with Gasteiger partial charge >= 0.3 is 11.9 Å². The summed E-state index contributed by atoms with van der Waals surface area (Å²) in [5.74, 6) is -5.52. The van der Waals surface area contributed by atoms with Crippen molar-refractivity contribution in [2.45, 2.75) is 43.4 Å². The third kappa shape index (κ3) is 9.75. The molecule has 4 atom stereocenters. The minimum atomic E-state index is -1.62. The number of carbonyl (C=O) groups is 5. The van der Waals surface area contributed by atoms with Crippen LogP contribution in [0.3, 0.4) is 0 Å². The molecule has 13 heteroatoms. The third-order valence-electron chi connectivity index (χ3n) is 5.45. The summed E-state index contributed by atoms with van der Waals surface area (Å²) in [6.45, 7) is 0. The first-order valence-corrected chi connectivity index (χ1v) is 12.2. The van der Waals surface area contributed by atoms with E-state index in [0.717, 1.165) is 0 Å². The molecule has 2 aromatic carbocycles. The van der Waals surface area contributed by atoms with E-state index in [4.69, 9.17) is 5.73 Å². The van der Waals surface area contributed by atoms with Crippen molar-refractivity contribution in [1.82, 2.24) is 16.0 Å². The first kappa shape index (κ1) is 30.1. The standard InChI is InChI=1S/C25H30N4O8S/c26-17(10-15-6-8-16(30)9-7-15)22(33)29-20(13-38)24(35)27-18(12-21(31)32)23(34)28-19(25(36)37)11-14-4-2-1-3-5-14/h1-9,17-20,30,38H,10-13,26H2,(H,27,35)(H,28,34)(H,29,33)(H,31,32)(H,36,37). The molecule has 204 valence electrons. The van der Waals surface area contributed by atoms with Gasteiger partial charge in [0.15, 0.2) is 0 Å². The second kappa shape index (κ2) is 14.6. The number of benzene rings is 2. The molecule has 0 aliphatic carbocycles. The number of nitrogens with one attached hydrogen (secondary N) is 3. The molecular weight excluding hydrogens is 516 g/mol. The highest BCUT2D eigenvalue weighted by Gasteiger charge is 2.31. The van der Waals surface area contributed by atoms with Gasteiger partial charge in [0.1, 0.15) is 23.9 Å². The largest absolute Gasteiger partial charge is 0.508 e. The van der Waals surface area contributed by atoms with Gasteiger partial charge in [0.25, 0.3) is 0 Å². The maximum Gasteiger partial charge on any atom is 0.326 e. The molecular formula is C25H30N4O8S. The van der Waals surface area contributed by atoms with E-state index in [1.54, 1.807) is 42.5 Å². The molecule has 0 radical (unpaired) electrons. The topological polar surface area (TPSA) is 208 Å². The SMILES string of the molecule is NC(Cc1ccc(O)cc1)C(=O)NC(CS)C(=O)NC(CC(=O)O)C(=O)NC(Cc1ccccc1)C(=O)O. The Bertz CT molecular complexity index is 1130. The first-order chi connectivity index (χ1) is 18.0. The van der Waals surface area contributed by atoms with Gasteiger partial charge in [-0.05, 0) is 29.7 Å². The summed E-state index contributed by atoms with van der Waals surface area (Å²) >= 11 is 4.05. The van der Waals surface area contributed by atoms with Crippen molar-refractivity contribution >= 4 is 42.3 Å². The quantitative estimate of drug-likeness (QED) is 0.143. The van der Waals surface area contributed by atoms with E-state index in [0.29, 0.717) is 11.1 Å². The number of thiol groups is 1. The Morgan fingerprint density at radius 2 is 1.26 bits per heavy atom. The summed E-state index contributed by atoms with van der Waals surface area (Å²) in [6, 6.07) is 9.21. The zero-order valence-electron chi connectivity index (χ0n) is 20.2. The number of aromatic hydroxyl groups is 1. The highest BCUT2D eigenvalue weighted by Crippen LogP contribution is 2.11. The molecule has 8 N–H and O–H groups in total. The molecule has 0 aromatic heterocycles. The Labute approximate surface area is 224 Å². The molecule has 0 heterocycles. The molecule has 4 unspecified atom stereocenters. The number of aliphatic carboxylic acids is 2. The van der Waals surface area contributed by atoms with Crippen LogP contribution in [0.4, 0.5) is 0 Å². The minimum Gasteiger partial charge on any atom is -0.508 e. The highest BCUT2D eigenvalue weighted by atomic mass is 32.1. The van der Waals surface area contributed by atoms with Gasteiger partial charge in [-0.25, -0.2) is 4.79 Å². The molecule has 3 amide bonds. The Kier molecular flexibility index (Phi) is 11.6. The summed E-state index contributed by atoms with van der Waals surface area (Å²) in [4.78, 5) is 61.2. The van der Waals surface area contributed by atoms with Crippen LogP contribution in [0.5, 0.6) is 5.75 Å². The number of amides is 3. The van der Waals surface area contributed by atoms with Gasteiger partial charge in [-0.2, -0.15) is 12.6 Å². The fourth-order valence-corrected chi connectivity index (χ4v) is 3.69. The van der Waals surface area contributed by atoms with Gasteiger partial charge in [-0.15, -0.1) is 0 Å². The van der Waals surface area contributed by atoms with Crippen LogP contribution < -0.4 is 21.7 Å². The normalized spacial score (nSPS) is 13.8. The Morgan fingerprint density at radius 1 is 0.737 bits per heavy atom. The lowest BCUT2D eigenvalue weighted by Gasteiger charge is -2.24. The van der Waals surface area contributed by atoms with Crippen LogP contribution in [0, 0.1) is 0 Å². The molecule has 0 bridgehead atoms. The molecule has 0 saturated carbocycles. The molecule has 38 heavy (non-hydrogen) atoms. The number of hydrogen-bond donors (Lipinski definition) is 8. The molecule has 0 aliphatic rings. The number of carboxylic acids is 2. The number of carbonyl (C=O) groups excluding carboxylic acids is 3. The molecule has 2 rings (SSSR count). The number of phenolic OH excluding ortho intramolecular Hbond substituents is 1. The van der Waals surface area contributed by atoms with Crippen LogP contribution in [0.15, 0.2) is 54.6 Å². The van der Waals surface area contributed by atoms with Gasteiger partial charge < -0.3 is 37.0 Å². The molecule has 12 nitrogen and oxygen atoms in total. The predicted molar refractivity (Wildman–Crippen MR) is 139 cm³/mol.